The number of halogens is 2. The lowest BCUT2D eigenvalue weighted by molar-refractivity contribution is 0.101. The molecule has 0 amide bonds. The van der Waals surface area contributed by atoms with Gasteiger partial charge in [-0.1, -0.05) is 12.1 Å². The number of methoxy groups -OCH3 is 1. The molecule has 3 aromatic rings. The Kier molecular flexibility index (Phi) is 3.51. The van der Waals surface area contributed by atoms with Crippen molar-refractivity contribution in [3.05, 3.63) is 64.1 Å². The molecular formula is C16H10BrFO3. The van der Waals surface area contributed by atoms with Crippen LogP contribution in [0.25, 0.3) is 11.0 Å². The maximum absolute atomic E-state index is 13.6. The van der Waals surface area contributed by atoms with E-state index in [-0.39, 0.29) is 17.1 Å². The van der Waals surface area contributed by atoms with Crippen LogP contribution in [0.2, 0.25) is 0 Å². The minimum absolute atomic E-state index is 0.0911. The van der Waals surface area contributed by atoms with E-state index >= 15 is 0 Å². The van der Waals surface area contributed by atoms with Crippen LogP contribution in [-0.2, 0) is 0 Å². The number of ketones is 1. The SMILES string of the molecule is COc1ccc(C(=O)c2cc3cccc(F)c3o2)cc1Br. The highest BCUT2D eigenvalue weighted by Gasteiger charge is 2.17. The minimum Gasteiger partial charge on any atom is -0.496 e. The van der Waals surface area contributed by atoms with Gasteiger partial charge in [0.25, 0.3) is 0 Å². The fraction of sp³-hybridized carbons (Fsp3) is 0.0625. The molecule has 0 unspecified atom stereocenters. The van der Waals surface area contributed by atoms with Crippen LogP contribution in [0.15, 0.2) is 51.4 Å². The molecule has 1 aromatic heterocycles. The molecule has 0 saturated heterocycles. The van der Waals surface area contributed by atoms with Crippen LogP contribution in [0, 0.1) is 5.82 Å². The number of furan rings is 1. The smallest absolute Gasteiger partial charge is 0.228 e. The van der Waals surface area contributed by atoms with Crippen LogP contribution in [-0.4, -0.2) is 12.9 Å². The molecule has 0 N–H and O–H groups in total. The lowest BCUT2D eigenvalue weighted by Crippen LogP contribution is -1.99. The molecule has 106 valence electrons. The lowest BCUT2D eigenvalue weighted by Gasteiger charge is -2.04. The molecule has 0 aliphatic heterocycles. The standard InChI is InChI=1S/C16H10BrFO3/c1-20-13-6-5-9(7-11(13)17)15(19)14-8-10-3-2-4-12(18)16(10)21-14/h2-8H,1H3. The molecule has 5 heteroatoms. The molecule has 0 spiro atoms. The van der Waals surface area contributed by atoms with Crippen molar-refractivity contribution >= 4 is 32.7 Å². The number of carbonyl (C=O) groups excluding carboxylic acids is 1. The summed E-state index contributed by atoms with van der Waals surface area (Å²) in [5.74, 6) is -0.0641. The zero-order valence-electron chi connectivity index (χ0n) is 11.0. The first-order valence-corrected chi connectivity index (χ1v) is 6.96. The summed E-state index contributed by atoms with van der Waals surface area (Å²) in [6, 6.07) is 11.1. The van der Waals surface area contributed by atoms with Crippen molar-refractivity contribution < 1.29 is 18.3 Å². The first-order valence-electron chi connectivity index (χ1n) is 6.16. The number of rotatable bonds is 3. The van der Waals surface area contributed by atoms with Crippen LogP contribution >= 0.6 is 15.9 Å². The van der Waals surface area contributed by atoms with Crippen molar-refractivity contribution in [1.29, 1.82) is 0 Å². The predicted molar refractivity (Wildman–Crippen MR) is 80.3 cm³/mol. The Hall–Kier alpha value is -2.14. The molecule has 0 aliphatic carbocycles. The topological polar surface area (TPSA) is 39.4 Å². The van der Waals surface area contributed by atoms with E-state index in [4.69, 9.17) is 9.15 Å². The number of hydrogen-bond acceptors (Lipinski definition) is 3. The quantitative estimate of drug-likeness (QED) is 0.650. The summed E-state index contributed by atoms with van der Waals surface area (Å²) in [6.45, 7) is 0. The van der Waals surface area contributed by atoms with Crippen LogP contribution in [0.5, 0.6) is 5.75 Å². The van der Waals surface area contributed by atoms with E-state index in [1.807, 2.05) is 0 Å². The Labute approximate surface area is 128 Å². The van der Waals surface area contributed by atoms with Gasteiger partial charge in [-0.3, -0.25) is 4.79 Å². The van der Waals surface area contributed by atoms with Crippen LogP contribution in [0.3, 0.4) is 0 Å². The van der Waals surface area contributed by atoms with Crippen molar-refractivity contribution in [3.8, 4) is 5.75 Å². The van der Waals surface area contributed by atoms with E-state index in [0.29, 0.717) is 21.2 Å². The summed E-state index contributed by atoms with van der Waals surface area (Å²) in [4.78, 5) is 12.4. The third kappa shape index (κ3) is 2.45. The first kappa shape index (κ1) is 13.8. The largest absolute Gasteiger partial charge is 0.496 e. The van der Waals surface area contributed by atoms with Gasteiger partial charge in [0.05, 0.1) is 11.6 Å². The van der Waals surface area contributed by atoms with Crippen molar-refractivity contribution in [1.82, 2.24) is 0 Å². The average Bonchev–Trinajstić information content (AvgIpc) is 2.92. The van der Waals surface area contributed by atoms with Crippen LogP contribution < -0.4 is 4.74 Å². The van der Waals surface area contributed by atoms with Crippen LogP contribution in [0.4, 0.5) is 4.39 Å². The Bertz CT molecular complexity index is 839. The van der Waals surface area contributed by atoms with Crippen molar-refractivity contribution in [2.75, 3.05) is 7.11 Å². The van der Waals surface area contributed by atoms with Gasteiger partial charge in [-0.25, -0.2) is 4.39 Å². The van der Waals surface area contributed by atoms with Gasteiger partial charge in [-0.15, -0.1) is 0 Å². The fourth-order valence-electron chi connectivity index (χ4n) is 2.09. The zero-order chi connectivity index (χ0) is 15.0. The molecular weight excluding hydrogens is 339 g/mol. The van der Waals surface area contributed by atoms with Crippen molar-refractivity contribution in [3.63, 3.8) is 0 Å². The maximum atomic E-state index is 13.6. The Morgan fingerprint density at radius 2 is 2.05 bits per heavy atom. The average molecular weight is 349 g/mol. The molecule has 21 heavy (non-hydrogen) atoms. The summed E-state index contributed by atoms with van der Waals surface area (Å²) >= 11 is 3.33. The van der Waals surface area contributed by atoms with Gasteiger partial charge in [0.15, 0.2) is 17.2 Å². The molecule has 0 saturated carbocycles. The monoisotopic (exact) mass is 348 g/mol. The summed E-state index contributed by atoms with van der Waals surface area (Å²) < 4.78 is 24.7. The highest BCUT2D eigenvalue weighted by molar-refractivity contribution is 9.10. The first-order chi connectivity index (χ1) is 10.1. The highest BCUT2D eigenvalue weighted by Crippen LogP contribution is 2.28. The number of hydrogen-bond donors (Lipinski definition) is 0. The Morgan fingerprint density at radius 3 is 2.71 bits per heavy atom. The molecule has 3 rings (SSSR count). The van der Waals surface area contributed by atoms with Gasteiger partial charge >= 0.3 is 0 Å². The fourth-order valence-corrected chi connectivity index (χ4v) is 2.63. The summed E-state index contributed by atoms with van der Waals surface area (Å²) in [5.41, 5.74) is 0.524. The van der Waals surface area contributed by atoms with Gasteiger partial charge in [-0.2, -0.15) is 0 Å². The van der Waals surface area contributed by atoms with Crippen molar-refractivity contribution in [2.24, 2.45) is 0 Å². The second-order valence-electron chi connectivity index (χ2n) is 4.45. The number of carbonyl (C=O) groups is 1. The van der Waals surface area contributed by atoms with E-state index in [9.17, 15) is 9.18 Å². The number of para-hydroxylation sites is 1. The molecule has 0 atom stereocenters. The molecule has 0 fully saturated rings. The van der Waals surface area contributed by atoms with Gasteiger partial charge in [-0.05, 0) is 46.3 Å². The summed E-state index contributed by atoms with van der Waals surface area (Å²) in [5, 5.41) is 0.561. The number of fused-ring (bicyclic) bond motifs is 1. The predicted octanol–water partition coefficient (Wildman–Crippen LogP) is 4.57. The van der Waals surface area contributed by atoms with E-state index in [1.165, 1.54) is 6.07 Å². The molecule has 3 nitrogen and oxygen atoms in total. The zero-order valence-corrected chi connectivity index (χ0v) is 12.6. The summed E-state index contributed by atoms with van der Waals surface area (Å²) in [7, 11) is 1.55. The van der Waals surface area contributed by atoms with E-state index < -0.39 is 5.82 Å². The van der Waals surface area contributed by atoms with E-state index in [2.05, 4.69) is 15.9 Å². The number of benzene rings is 2. The molecule has 0 aliphatic rings. The molecule has 2 aromatic carbocycles. The van der Waals surface area contributed by atoms with Crippen LogP contribution in [0.1, 0.15) is 16.1 Å². The van der Waals surface area contributed by atoms with E-state index in [0.717, 1.165) is 0 Å². The third-order valence-corrected chi connectivity index (χ3v) is 3.75. The lowest BCUT2D eigenvalue weighted by atomic mass is 10.1. The minimum atomic E-state index is -0.484. The van der Waals surface area contributed by atoms with E-state index in [1.54, 1.807) is 43.5 Å². The normalized spacial score (nSPS) is 10.8. The highest BCUT2D eigenvalue weighted by atomic mass is 79.9. The summed E-state index contributed by atoms with van der Waals surface area (Å²) in [6.07, 6.45) is 0. The maximum Gasteiger partial charge on any atom is 0.228 e. The molecule has 0 bridgehead atoms. The Balaban J connectivity index is 2.04. The third-order valence-electron chi connectivity index (χ3n) is 3.13. The molecule has 1 heterocycles. The molecule has 0 radical (unpaired) electrons. The Morgan fingerprint density at radius 1 is 1.24 bits per heavy atom. The number of ether oxygens (including phenoxy) is 1. The van der Waals surface area contributed by atoms with Gasteiger partial charge in [0.1, 0.15) is 5.75 Å². The van der Waals surface area contributed by atoms with Gasteiger partial charge in [0.2, 0.25) is 5.78 Å². The second-order valence-corrected chi connectivity index (χ2v) is 5.30. The second kappa shape index (κ2) is 5.33. The van der Waals surface area contributed by atoms with Gasteiger partial charge in [0, 0.05) is 10.9 Å². The van der Waals surface area contributed by atoms with Crippen molar-refractivity contribution in [2.45, 2.75) is 0 Å². The van der Waals surface area contributed by atoms with Gasteiger partial charge < -0.3 is 9.15 Å².